The summed E-state index contributed by atoms with van der Waals surface area (Å²) < 4.78 is 1.98. The summed E-state index contributed by atoms with van der Waals surface area (Å²) >= 11 is 8.69. The minimum Gasteiger partial charge on any atom is -0.369 e. The van der Waals surface area contributed by atoms with Gasteiger partial charge in [-0.2, -0.15) is 11.8 Å². The van der Waals surface area contributed by atoms with Gasteiger partial charge in [0.1, 0.15) is 5.82 Å². The lowest BCUT2D eigenvalue weighted by molar-refractivity contribution is 0.979. The van der Waals surface area contributed by atoms with Crippen LogP contribution in [0, 0.1) is 0 Å². The number of hydrogen-bond acceptors (Lipinski definition) is 3. The molecule has 0 amide bonds. The second kappa shape index (κ2) is 6.69. The lowest BCUT2D eigenvalue weighted by Gasteiger charge is -2.06. The van der Waals surface area contributed by atoms with Gasteiger partial charge in [0.25, 0.3) is 0 Å². The quantitative estimate of drug-likeness (QED) is 0.826. The van der Waals surface area contributed by atoms with Crippen LogP contribution in [-0.2, 0) is 0 Å². The van der Waals surface area contributed by atoms with Gasteiger partial charge in [-0.1, -0.05) is 0 Å². The second-order valence-corrected chi connectivity index (χ2v) is 5.51. The van der Waals surface area contributed by atoms with Crippen molar-refractivity contribution >= 4 is 49.4 Å². The van der Waals surface area contributed by atoms with Gasteiger partial charge < -0.3 is 5.32 Å². The average molecular weight is 340 g/mol. The lowest BCUT2D eigenvalue weighted by atomic mass is 10.4. The van der Waals surface area contributed by atoms with E-state index in [0.717, 1.165) is 27.7 Å². The zero-order valence-electron chi connectivity index (χ0n) is 7.89. The third kappa shape index (κ3) is 4.19. The summed E-state index contributed by atoms with van der Waals surface area (Å²) in [5.41, 5.74) is 0. The van der Waals surface area contributed by atoms with Crippen molar-refractivity contribution in [1.82, 2.24) is 4.98 Å². The van der Waals surface area contributed by atoms with Gasteiger partial charge in [-0.05, 0) is 56.4 Å². The molecule has 0 aliphatic carbocycles. The summed E-state index contributed by atoms with van der Waals surface area (Å²) in [7, 11) is 0. The van der Waals surface area contributed by atoms with Gasteiger partial charge in [0.2, 0.25) is 0 Å². The summed E-state index contributed by atoms with van der Waals surface area (Å²) in [6.07, 6.45) is 5.07. The highest BCUT2D eigenvalue weighted by molar-refractivity contribution is 9.11. The van der Waals surface area contributed by atoms with E-state index in [0.29, 0.717) is 0 Å². The van der Waals surface area contributed by atoms with E-state index in [9.17, 15) is 0 Å². The predicted octanol–water partition coefficient (Wildman–Crippen LogP) is 3.77. The third-order valence-corrected chi connectivity index (χ3v) is 3.36. The Balaban J connectivity index is 2.42. The van der Waals surface area contributed by atoms with Gasteiger partial charge in [0.05, 0.1) is 4.47 Å². The molecule has 0 spiro atoms. The minimum absolute atomic E-state index is 0.911. The van der Waals surface area contributed by atoms with Crippen molar-refractivity contribution < 1.29 is 0 Å². The number of nitrogens with zero attached hydrogens (tertiary/aromatic N) is 1. The molecular formula is C9H12Br2N2S. The number of thioether (sulfide) groups is 1. The lowest BCUT2D eigenvalue weighted by Crippen LogP contribution is -2.04. The smallest absolute Gasteiger partial charge is 0.140 e. The Morgan fingerprint density at radius 1 is 1.50 bits per heavy atom. The van der Waals surface area contributed by atoms with Gasteiger partial charge >= 0.3 is 0 Å². The fourth-order valence-corrected chi connectivity index (χ4v) is 2.53. The Morgan fingerprint density at radius 2 is 2.29 bits per heavy atom. The van der Waals surface area contributed by atoms with Crippen molar-refractivity contribution in [1.29, 1.82) is 0 Å². The normalized spacial score (nSPS) is 10.2. The van der Waals surface area contributed by atoms with Crippen molar-refractivity contribution in [3.63, 3.8) is 0 Å². The average Bonchev–Trinajstić information content (AvgIpc) is 2.15. The maximum absolute atomic E-state index is 4.26. The molecule has 1 rings (SSSR count). The fraction of sp³-hybridized carbons (Fsp3) is 0.444. The first kappa shape index (κ1) is 12.3. The van der Waals surface area contributed by atoms with Crippen LogP contribution in [0.2, 0.25) is 0 Å². The first-order chi connectivity index (χ1) is 6.74. The van der Waals surface area contributed by atoms with E-state index < -0.39 is 0 Å². The predicted molar refractivity (Wildman–Crippen MR) is 71.1 cm³/mol. The SMILES string of the molecule is CSCCCNc1ncc(Br)cc1Br. The molecule has 0 unspecified atom stereocenters. The fourth-order valence-electron chi connectivity index (χ4n) is 0.968. The van der Waals surface area contributed by atoms with Crippen molar-refractivity contribution in [2.75, 3.05) is 23.9 Å². The second-order valence-electron chi connectivity index (χ2n) is 2.76. The summed E-state index contributed by atoms with van der Waals surface area (Å²) in [6.45, 7) is 0.966. The van der Waals surface area contributed by atoms with Crippen LogP contribution in [-0.4, -0.2) is 23.5 Å². The van der Waals surface area contributed by atoms with Crippen molar-refractivity contribution in [2.45, 2.75) is 6.42 Å². The molecule has 1 aromatic heterocycles. The van der Waals surface area contributed by atoms with Crippen LogP contribution in [0.3, 0.4) is 0 Å². The first-order valence-corrected chi connectivity index (χ1v) is 7.26. The minimum atomic E-state index is 0.911. The molecule has 1 aromatic rings. The number of rotatable bonds is 5. The molecule has 78 valence electrons. The molecule has 0 aromatic carbocycles. The van der Waals surface area contributed by atoms with Crippen LogP contribution < -0.4 is 5.32 Å². The van der Waals surface area contributed by atoms with Crippen molar-refractivity contribution in [3.8, 4) is 0 Å². The molecule has 14 heavy (non-hydrogen) atoms. The molecule has 0 radical (unpaired) electrons. The Bertz CT molecular complexity index is 294. The van der Waals surface area contributed by atoms with Gasteiger partial charge in [-0.15, -0.1) is 0 Å². The summed E-state index contributed by atoms with van der Waals surface area (Å²) in [5.74, 6) is 2.09. The van der Waals surface area contributed by atoms with E-state index in [2.05, 4.69) is 48.4 Å². The van der Waals surface area contributed by atoms with E-state index >= 15 is 0 Å². The summed E-state index contributed by atoms with van der Waals surface area (Å²) in [4.78, 5) is 4.26. The molecule has 0 bridgehead atoms. The zero-order valence-corrected chi connectivity index (χ0v) is 11.9. The largest absolute Gasteiger partial charge is 0.369 e. The number of hydrogen-bond donors (Lipinski definition) is 1. The Kier molecular flexibility index (Phi) is 5.89. The third-order valence-electron chi connectivity index (χ3n) is 1.63. The van der Waals surface area contributed by atoms with Crippen molar-refractivity contribution in [3.05, 3.63) is 21.2 Å². The number of pyridine rings is 1. The number of aromatic nitrogens is 1. The van der Waals surface area contributed by atoms with E-state index in [1.54, 1.807) is 6.20 Å². The zero-order chi connectivity index (χ0) is 10.4. The number of halogens is 2. The molecule has 0 aliphatic heterocycles. The van der Waals surface area contributed by atoms with Crippen LogP contribution >= 0.6 is 43.6 Å². The molecule has 0 atom stereocenters. The van der Waals surface area contributed by atoms with Crippen LogP contribution in [0.4, 0.5) is 5.82 Å². The van der Waals surface area contributed by atoms with Gasteiger partial charge in [-0.25, -0.2) is 4.98 Å². The number of anilines is 1. The highest BCUT2D eigenvalue weighted by Crippen LogP contribution is 2.23. The first-order valence-electron chi connectivity index (χ1n) is 4.28. The standard InChI is InChI=1S/C9H12Br2N2S/c1-14-4-2-3-12-9-8(11)5-7(10)6-13-9/h5-6H,2-4H2,1H3,(H,12,13). The van der Waals surface area contributed by atoms with Gasteiger partial charge in [-0.3, -0.25) is 0 Å². The monoisotopic (exact) mass is 338 g/mol. The van der Waals surface area contributed by atoms with Crippen LogP contribution in [0.15, 0.2) is 21.2 Å². The highest BCUT2D eigenvalue weighted by atomic mass is 79.9. The Hall–Kier alpha value is 0.260. The molecule has 0 saturated carbocycles. The van der Waals surface area contributed by atoms with Crippen LogP contribution in [0.25, 0.3) is 0 Å². The summed E-state index contributed by atoms with van der Waals surface area (Å²) in [6, 6.07) is 1.99. The van der Waals surface area contributed by atoms with E-state index in [4.69, 9.17) is 0 Å². The number of nitrogens with one attached hydrogen (secondary N) is 1. The summed E-state index contributed by atoms with van der Waals surface area (Å²) in [5, 5.41) is 3.28. The van der Waals surface area contributed by atoms with E-state index in [1.807, 2.05) is 17.8 Å². The Labute approximate surface area is 106 Å². The molecule has 0 aliphatic rings. The topological polar surface area (TPSA) is 24.9 Å². The molecule has 2 nitrogen and oxygen atoms in total. The van der Waals surface area contributed by atoms with Gasteiger partial charge in [0.15, 0.2) is 0 Å². The van der Waals surface area contributed by atoms with Crippen LogP contribution in [0.5, 0.6) is 0 Å². The highest BCUT2D eigenvalue weighted by Gasteiger charge is 2.00. The Morgan fingerprint density at radius 3 is 2.93 bits per heavy atom. The molecule has 1 heterocycles. The van der Waals surface area contributed by atoms with E-state index in [-0.39, 0.29) is 0 Å². The molecule has 0 fully saturated rings. The molecule has 5 heteroatoms. The van der Waals surface area contributed by atoms with Crippen LogP contribution in [0.1, 0.15) is 6.42 Å². The van der Waals surface area contributed by atoms with Gasteiger partial charge in [0, 0.05) is 17.2 Å². The molecule has 0 saturated heterocycles. The molecular weight excluding hydrogens is 328 g/mol. The van der Waals surface area contributed by atoms with Crippen molar-refractivity contribution in [2.24, 2.45) is 0 Å². The molecule has 1 N–H and O–H groups in total. The van der Waals surface area contributed by atoms with E-state index in [1.165, 1.54) is 5.75 Å². The maximum Gasteiger partial charge on any atom is 0.140 e. The maximum atomic E-state index is 4.26.